The molecule has 1 atom stereocenters. The molecule has 0 aliphatic carbocycles. The van der Waals surface area contributed by atoms with Gasteiger partial charge in [0.1, 0.15) is 0 Å². The van der Waals surface area contributed by atoms with Crippen molar-refractivity contribution in [3.8, 4) is 0 Å². The first-order valence-corrected chi connectivity index (χ1v) is 6.44. The summed E-state index contributed by atoms with van der Waals surface area (Å²) in [5, 5.41) is 13.7. The predicted octanol–water partition coefficient (Wildman–Crippen LogP) is 0.0172. The van der Waals surface area contributed by atoms with Gasteiger partial charge < -0.3 is 10.4 Å². The zero-order valence-electron chi connectivity index (χ0n) is 11.3. The van der Waals surface area contributed by atoms with Gasteiger partial charge in [0.2, 0.25) is 5.91 Å². The quantitative estimate of drug-likeness (QED) is 0.669. The molecule has 7 nitrogen and oxygen atoms in total. The summed E-state index contributed by atoms with van der Waals surface area (Å²) in [4.78, 5) is 35.6. The molecule has 1 unspecified atom stereocenters. The first kappa shape index (κ1) is 15.4. The Bertz CT molecular complexity index is 357. The topological polar surface area (TPSA) is 98.7 Å². The molecule has 19 heavy (non-hydrogen) atoms. The molecule has 0 radical (unpaired) electrons. The van der Waals surface area contributed by atoms with E-state index in [2.05, 4.69) is 10.6 Å². The normalized spacial score (nSPS) is 20.1. The zero-order valence-corrected chi connectivity index (χ0v) is 11.3. The van der Waals surface area contributed by atoms with E-state index in [1.165, 1.54) is 0 Å². The second-order valence-corrected chi connectivity index (χ2v) is 5.09. The van der Waals surface area contributed by atoms with Crippen molar-refractivity contribution in [3.05, 3.63) is 0 Å². The van der Waals surface area contributed by atoms with Crippen LogP contribution in [0.5, 0.6) is 0 Å². The number of likely N-dealkylation sites (tertiary alicyclic amines) is 1. The molecule has 0 aromatic carbocycles. The number of carboxylic acids is 1. The standard InChI is InChI=1S/C12H21N3O4/c1-8(2)13-12(19)14-10(16)7-15-5-3-4-9(6-15)11(17)18/h8-9H,3-7H2,1-2H3,(H,17,18)(H2,13,14,16,19). The number of carboxylic acid groups (broad SMARTS) is 1. The molecular weight excluding hydrogens is 250 g/mol. The van der Waals surface area contributed by atoms with Crippen molar-refractivity contribution in [2.24, 2.45) is 5.92 Å². The number of hydrogen-bond donors (Lipinski definition) is 3. The number of piperidine rings is 1. The zero-order chi connectivity index (χ0) is 14.4. The first-order valence-electron chi connectivity index (χ1n) is 6.44. The molecule has 0 aromatic heterocycles. The molecule has 0 bridgehead atoms. The minimum atomic E-state index is -0.831. The highest BCUT2D eigenvalue weighted by Gasteiger charge is 2.26. The summed E-state index contributed by atoms with van der Waals surface area (Å²) in [5.41, 5.74) is 0. The van der Waals surface area contributed by atoms with Crippen LogP contribution in [0.25, 0.3) is 0 Å². The molecule has 1 aliphatic rings. The first-order chi connectivity index (χ1) is 8.88. The number of nitrogens with zero attached hydrogens (tertiary/aromatic N) is 1. The second-order valence-electron chi connectivity index (χ2n) is 5.09. The molecule has 3 N–H and O–H groups in total. The molecule has 1 heterocycles. The molecule has 0 aromatic rings. The predicted molar refractivity (Wildman–Crippen MR) is 68.6 cm³/mol. The number of amides is 3. The molecule has 1 fully saturated rings. The molecular formula is C12H21N3O4. The van der Waals surface area contributed by atoms with Crippen molar-refractivity contribution in [1.82, 2.24) is 15.5 Å². The van der Waals surface area contributed by atoms with Crippen molar-refractivity contribution in [2.45, 2.75) is 32.7 Å². The molecule has 1 saturated heterocycles. The van der Waals surface area contributed by atoms with Crippen LogP contribution in [0, 0.1) is 5.92 Å². The Morgan fingerprint density at radius 3 is 2.63 bits per heavy atom. The highest BCUT2D eigenvalue weighted by atomic mass is 16.4. The lowest BCUT2D eigenvalue weighted by atomic mass is 9.98. The Balaban J connectivity index is 2.35. The Morgan fingerprint density at radius 1 is 1.37 bits per heavy atom. The van der Waals surface area contributed by atoms with Crippen LogP contribution < -0.4 is 10.6 Å². The molecule has 1 rings (SSSR count). The van der Waals surface area contributed by atoms with Crippen molar-refractivity contribution < 1.29 is 19.5 Å². The average molecular weight is 271 g/mol. The summed E-state index contributed by atoms with van der Waals surface area (Å²) in [6, 6.07) is -0.564. The lowest BCUT2D eigenvalue weighted by Crippen LogP contribution is -2.48. The fourth-order valence-corrected chi connectivity index (χ4v) is 2.07. The van der Waals surface area contributed by atoms with E-state index in [-0.39, 0.29) is 12.6 Å². The Morgan fingerprint density at radius 2 is 2.05 bits per heavy atom. The van der Waals surface area contributed by atoms with Crippen molar-refractivity contribution in [3.63, 3.8) is 0 Å². The largest absolute Gasteiger partial charge is 0.481 e. The molecule has 108 valence electrons. The van der Waals surface area contributed by atoms with Crippen LogP contribution in [0.1, 0.15) is 26.7 Å². The van der Waals surface area contributed by atoms with Gasteiger partial charge in [-0.3, -0.25) is 19.8 Å². The minimum absolute atomic E-state index is 0.0424. The number of imide groups is 1. The highest BCUT2D eigenvalue weighted by molar-refractivity contribution is 5.95. The molecule has 0 spiro atoms. The van der Waals surface area contributed by atoms with E-state index < -0.39 is 23.8 Å². The molecule has 1 aliphatic heterocycles. The average Bonchev–Trinajstić information content (AvgIpc) is 2.27. The van der Waals surface area contributed by atoms with Gasteiger partial charge in [-0.25, -0.2) is 4.79 Å². The number of rotatable bonds is 4. The fraction of sp³-hybridized carbons (Fsp3) is 0.750. The van der Waals surface area contributed by atoms with Crippen LogP contribution in [0.15, 0.2) is 0 Å². The Kier molecular flexibility index (Phi) is 5.75. The number of nitrogens with one attached hydrogen (secondary N) is 2. The van der Waals surface area contributed by atoms with Gasteiger partial charge in [0.25, 0.3) is 0 Å². The minimum Gasteiger partial charge on any atom is -0.481 e. The van der Waals surface area contributed by atoms with Crippen LogP contribution in [-0.2, 0) is 9.59 Å². The maximum absolute atomic E-state index is 11.6. The van der Waals surface area contributed by atoms with Gasteiger partial charge in [0.15, 0.2) is 0 Å². The van der Waals surface area contributed by atoms with Crippen molar-refractivity contribution in [2.75, 3.05) is 19.6 Å². The fourth-order valence-electron chi connectivity index (χ4n) is 2.07. The van der Waals surface area contributed by atoms with Crippen molar-refractivity contribution >= 4 is 17.9 Å². The van der Waals surface area contributed by atoms with Crippen LogP contribution >= 0.6 is 0 Å². The van der Waals surface area contributed by atoms with E-state index >= 15 is 0 Å². The number of urea groups is 1. The third-order valence-electron chi connectivity index (χ3n) is 2.89. The number of aliphatic carboxylic acids is 1. The summed E-state index contributed by atoms with van der Waals surface area (Å²) in [6.45, 7) is 4.69. The van der Waals surface area contributed by atoms with E-state index in [1.807, 2.05) is 0 Å². The molecule has 7 heteroatoms. The van der Waals surface area contributed by atoms with Gasteiger partial charge in [-0.2, -0.15) is 0 Å². The highest BCUT2D eigenvalue weighted by Crippen LogP contribution is 2.15. The van der Waals surface area contributed by atoms with Gasteiger partial charge in [-0.1, -0.05) is 0 Å². The maximum atomic E-state index is 11.6. The Labute approximate surface area is 112 Å². The van der Waals surface area contributed by atoms with E-state index in [4.69, 9.17) is 5.11 Å². The maximum Gasteiger partial charge on any atom is 0.321 e. The monoisotopic (exact) mass is 271 g/mol. The van der Waals surface area contributed by atoms with Gasteiger partial charge in [0.05, 0.1) is 12.5 Å². The van der Waals surface area contributed by atoms with Crippen molar-refractivity contribution in [1.29, 1.82) is 0 Å². The van der Waals surface area contributed by atoms with Gasteiger partial charge in [-0.15, -0.1) is 0 Å². The lowest BCUT2D eigenvalue weighted by molar-refractivity contribution is -0.144. The lowest BCUT2D eigenvalue weighted by Gasteiger charge is -2.29. The van der Waals surface area contributed by atoms with E-state index in [0.29, 0.717) is 19.5 Å². The van der Waals surface area contributed by atoms with Gasteiger partial charge in [-0.05, 0) is 33.2 Å². The summed E-state index contributed by atoms with van der Waals surface area (Å²) >= 11 is 0. The number of carbonyl (C=O) groups is 3. The smallest absolute Gasteiger partial charge is 0.321 e. The Hall–Kier alpha value is -1.63. The second kappa shape index (κ2) is 7.08. The molecule has 3 amide bonds. The SMILES string of the molecule is CC(C)NC(=O)NC(=O)CN1CCCC(C(=O)O)C1. The van der Waals surface area contributed by atoms with E-state index in [9.17, 15) is 14.4 Å². The summed E-state index contributed by atoms with van der Waals surface area (Å²) in [7, 11) is 0. The molecule has 0 saturated carbocycles. The van der Waals surface area contributed by atoms with Crippen LogP contribution in [0.4, 0.5) is 4.79 Å². The van der Waals surface area contributed by atoms with Crippen LogP contribution in [-0.4, -0.2) is 53.6 Å². The summed E-state index contributed by atoms with van der Waals surface area (Å²) in [5.74, 6) is -1.67. The van der Waals surface area contributed by atoms with Crippen LogP contribution in [0.3, 0.4) is 0 Å². The van der Waals surface area contributed by atoms with Crippen LogP contribution in [0.2, 0.25) is 0 Å². The third kappa shape index (κ3) is 5.69. The van der Waals surface area contributed by atoms with E-state index in [1.54, 1.807) is 18.7 Å². The number of carbonyl (C=O) groups excluding carboxylic acids is 2. The third-order valence-corrected chi connectivity index (χ3v) is 2.89. The number of hydrogen-bond acceptors (Lipinski definition) is 4. The van der Waals surface area contributed by atoms with Gasteiger partial charge in [0, 0.05) is 12.6 Å². The summed E-state index contributed by atoms with van der Waals surface area (Å²) < 4.78 is 0. The summed E-state index contributed by atoms with van der Waals surface area (Å²) in [6.07, 6.45) is 1.39. The van der Waals surface area contributed by atoms with Gasteiger partial charge >= 0.3 is 12.0 Å². The van der Waals surface area contributed by atoms with E-state index in [0.717, 1.165) is 6.42 Å².